The van der Waals surface area contributed by atoms with E-state index in [4.69, 9.17) is 4.98 Å². The zero-order chi connectivity index (χ0) is 20.9. The molecule has 0 aliphatic carbocycles. The van der Waals surface area contributed by atoms with E-state index in [0.29, 0.717) is 18.9 Å². The molecule has 0 aliphatic heterocycles. The summed E-state index contributed by atoms with van der Waals surface area (Å²) in [5.41, 5.74) is 4.76. The van der Waals surface area contributed by atoms with Crippen molar-refractivity contribution in [3.05, 3.63) is 87.9 Å². The molecule has 0 spiro atoms. The molecule has 2 aromatic heterocycles. The van der Waals surface area contributed by atoms with Crippen molar-refractivity contribution in [3.8, 4) is 0 Å². The van der Waals surface area contributed by atoms with E-state index in [1.165, 1.54) is 22.5 Å². The average molecular weight is 418 g/mol. The zero-order valence-electron chi connectivity index (χ0n) is 17.5. The lowest BCUT2D eigenvalue weighted by molar-refractivity contribution is 0.0958. The number of hydrogen-bond donors (Lipinski definition) is 1. The largest absolute Gasteiger partial charge is 0.351 e. The summed E-state index contributed by atoms with van der Waals surface area (Å²) in [6, 6.07) is 20.9. The third-order valence-electron chi connectivity index (χ3n) is 5.61. The number of imidazole rings is 1. The summed E-state index contributed by atoms with van der Waals surface area (Å²) in [7, 11) is 0. The molecule has 0 radical (unpaired) electrons. The molecule has 0 fully saturated rings. The first-order valence-electron chi connectivity index (χ1n) is 10.5. The number of nitrogens with one attached hydrogen (secondary N) is 1. The molecule has 5 heteroatoms. The lowest BCUT2D eigenvalue weighted by Gasteiger charge is -2.12. The topological polar surface area (TPSA) is 46.9 Å². The van der Waals surface area contributed by atoms with Crippen molar-refractivity contribution < 1.29 is 4.79 Å². The number of benzene rings is 2. The van der Waals surface area contributed by atoms with Crippen LogP contribution in [0.2, 0.25) is 0 Å². The maximum absolute atomic E-state index is 12.2. The van der Waals surface area contributed by atoms with Gasteiger partial charge in [-0.2, -0.15) is 0 Å². The van der Waals surface area contributed by atoms with Crippen LogP contribution in [0.4, 0.5) is 0 Å². The molecule has 4 rings (SSSR count). The molecule has 2 aromatic carbocycles. The number of aromatic nitrogens is 2. The number of fused-ring (bicyclic) bond motifs is 1. The van der Waals surface area contributed by atoms with E-state index in [1.54, 1.807) is 0 Å². The Morgan fingerprint density at radius 1 is 1.10 bits per heavy atom. The van der Waals surface area contributed by atoms with Gasteiger partial charge in [0.05, 0.1) is 15.9 Å². The molecular formula is C25H27N3OS. The normalized spacial score (nSPS) is 12.2. The van der Waals surface area contributed by atoms with Crippen molar-refractivity contribution in [2.75, 3.05) is 6.54 Å². The van der Waals surface area contributed by atoms with Gasteiger partial charge in [-0.15, -0.1) is 11.3 Å². The summed E-state index contributed by atoms with van der Waals surface area (Å²) in [4.78, 5) is 17.8. The van der Waals surface area contributed by atoms with Crippen LogP contribution >= 0.6 is 11.3 Å². The second kappa shape index (κ2) is 9.26. The first-order valence-corrected chi connectivity index (χ1v) is 11.4. The van der Waals surface area contributed by atoms with Crippen LogP contribution in [-0.2, 0) is 13.0 Å². The lowest BCUT2D eigenvalue weighted by Crippen LogP contribution is -2.25. The molecule has 1 N–H and O–H groups in total. The number of thiophene rings is 1. The maximum atomic E-state index is 12.2. The highest BCUT2D eigenvalue weighted by molar-refractivity contribution is 7.12. The van der Waals surface area contributed by atoms with Crippen LogP contribution in [0.1, 0.15) is 52.8 Å². The smallest absolute Gasteiger partial charge is 0.261 e. The van der Waals surface area contributed by atoms with Gasteiger partial charge in [-0.3, -0.25) is 4.79 Å². The predicted molar refractivity (Wildman–Crippen MR) is 124 cm³/mol. The second-order valence-electron chi connectivity index (χ2n) is 7.64. The van der Waals surface area contributed by atoms with E-state index >= 15 is 0 Å². The quantitative estimate of drug-likeness (QED) is 0.404. The maximum Gasteiger partial charge on any atom is 0.261 e. The Kier molecular flexibility index (Phi) is 6.29. The predicted octanol–water partition coefficient (Wildman–Crippen LogP) is 5.63. The van der Waals surface area contributed by atoms with E-state index in [-0.39, 0.29) is 5.91 Å². The van der Waals surface area contributed by atoms with E-state index in [9.17, 15) is 4.79 Å². The van der Waals surface area contributed by atoms with Gasteiger partial charge in [0.1, 0.15) is 5.82 Å². The lowest BCUT2D eigenvalue weighted by atomic mass is 9.98. The Hall–Kier alpha value is -2.92. The number of nitrogens with zero attached hydrogens (tertiary/aromatic N) is 2. The third kappa shape index (κ3) is 4.46. The molecule has 4 nitrogen and oxygen atoms in total. The minimum Gasteiger partial charge on any atom is -0.351 e. The Morgan fingerprint density at radius 2 is 1.90 bits per heavy atom. The number of carbonyl (C=O) groups excluding carboxylic acids is 1. The SMILES string of the molecule is CCC(C)c1ccc(Cn2c(CCNC(=O)c3cccs3)nc3ccccc32)cc1. The fourth-order valence-corrected chi connectivity index (χ4v) is 4.29. The standard InChI is InChI=1S/C25H27N3OS/c1-3-18(2)20-12-10-19(11-13-20)17-28-22-8-5-4-7-21(22)27-24(28)14-15-26-25(29)23-9-6-16-30-23/h4-13,16,18H,3,14-15,17H2,1-2H3,(H,26,29). The number of hydrogen-bond acceptors (Lipinski definition) is 3. The van der Waals surface area contributed by atoms with Crippen LogP contribution in [0.3, 0.4) is 0 Å². The molecule has 1 unspecified atom stereocenters. The first-order chi connectivity index (χ1) is 14.7. The summed E-state index contributed by atoms with van der Waals surface area (Å²) in [5, 5.41) is 4.93. The van der Waals surface area contributed by atoms with Gasteiger partial charge < -0.3 is 9.88 Å². The minimum absolute atomic E-state index is 0.0201. The molecule has 1 atom stereocenters. The molecular weight excluding hydrogens is 390 g/mol. The van der Waals surface area contributed by atoms with Gasteiger partial charge in [-0.05, 0) is 47.0 Å². The highest BCUT2D eigenvalue weighted by Crippen LogP contribution is 2.22. The summed E-state index contributed by atoms with van der Waals surface area (Å²) in [6.07, 6.45) is 1.84. The number of amides is 1. The van der Waals surface area contributed by atoms with Gasteiger partial charge in [0.25, 0.3) is 5.91 Å². The molecule has 4 aromatic rings. The van der Waals surface area contributed by atoms with Crippen molar-refractivity contribution >= 4 is 28.3 Å². The van der Waals surface area contributed by atoms with Gasteiger partial charge in [0.15, 0.2) is 0 Å². The minimum atomic E-state index is -0.0201. The summed E-state index contributed by atoms with van der Waals surface area (Å²) >= 11 is 1.46. The van der Waals surface area contributed by atoms with E-state index in [1.807, 2.05) is 29.6 Å². The summed E-state index contributed by atoms with van der Waals surface area (Å²) < 4.78 is 2.27. The molecule has 0 bridgehead atoms. The monoisotopic (exact) mass is 417 g/mol. The molecule has 2 heterocycles. The Bertz CT molecular complexity index is 1110. The molecule has 0 aliphatic rings. The molecule has 0 saturated heterocycles. The zero-order valence-corrected chi connectivity index (χ0v) is 18.3. The van der Waals surface area contributed by atoms with Gasteiger partial charge in [-0.25, -0.2) is 4.98 Å². The van der Waals surface area contributed by atoms with Crippen molar-refractivity contribution in [3.63, 3.8) is 0 Å². The van der Waals surface area contributed by atoms with Gasteiger partial charge >= 0.3 is 0 Å². The number of para-hydroxylation sites is 2. The average Bonchev–Trinajstić information content (AvgIpc) is 3.43. The van der Waals surface area contributed by atoms with E-state index in [0.717, 1.165) is 34.7 Å². The highest BCUT2D eigenvalue weighted by Gasteiger charge is 2.12. The Labute approximate surface area is 181 Å². The first kappa shape index (κ1) is 20.4. The van der Waals surface area contributed by atoms with Crippen molar-refractivity contribution in [1.82, 2.24) is 14.9 Å². The van der Waals surface area contributed by atoms with Gasteiger partial charge in [-0.1, -0.05) is 56.3 Å². The van der Waals surface area contributed by atoms with Crippen LogP contribution in [0.5, 0.6) is 0 Å². The van der Waals surface area contributed by atoms with Crippen LogP contribution < -0.4 is 5.32 Å². The Morgan fingerprint density at radius 3 is 2.63 bits per heavy atom. The fraction of sp³-hybridized carbons (Fsp3) is 0.280. The molecule has 30 heavy (non-hydrogen) atoms. The van der Waals surface area contributed by atoms with Crippen LogP contribution in [0, 0.1) is 0 Å². The molecule has 0 saturated carbocycles. The van der Waals surface area contributed by atoms with E-state index < -0.39 is 0 Å². The summed E-state index contributed by atoms with van der Waals surface area (Å²) in [5.74, 6) is 1.55. The highest BCUT2D eigenvalue weighted by atomic mass is 32.1. The second-order valence-corrected chi connectivity index (χ2v) is 8.58. The number of rotatable bonds is 8. The van der Waals surface area contributed by atoms with Crippen molar-refractivity contribution in [2.45, 2.75) is 39.2 Å². The molecule has 1 amide bonds. The van der Waals surface area contributed by atoms with Gasteiger partial charge in [0, 0.05) is 19.5 Å². The van der Waals surface area contributed by atoms with Crippen LogP contribution in [0.25, 0.3) is 11.0 Å². The van der Waals surface area contributed by atoms with Crippen molar-refractivity contribution in [1.29, 1.82) is 0 Å². The van der Waals surface area contributed by atoms with E-state index in [2.05, 4.69) is 60.1 Å². The van der Waals surface area contributed by atoms with Crippen LogP contribution in [0.15, 0.2) is 66.0 Å². The Balaban J connectivity index is 1.52. The van der Waals surface area contributed by atoms with Crippen LogP contribution in [-0.4, -0.2) is 22.0 Å². The van der Waals surface area contributed by atoms with Gasteiger partial charge in [0.2, 0.25) is 0 Å². The fourth-order valence-electron chi connectivity index (χ4n) is 3.65. The summed E-state index contributed by atoms with van der Waals surface area (Å²) in [6.45, 7) is 5.82. The third-order valence-corrected chi connectivity index (χ3v) is 6.48. The molecule has 154 valence electrons. The van der Waals surface area contributed by atoms with Crippen molar-refractivity contribution in [2.24, 2.45) is 0 Å². The number of carbonyl (C=O) groups is 1.